The minimum absolute atomic E-state index is 0.169. The lowest BCUT2D eigenvalue weighted by Crippen LogP contribution is -2.59. The Labute approximate surface area is 178 Å². The first kappa shape index (κ1) is 24.4. The van der Waals surface area contributed by atoms with Crippen molar-refractivity contribution in [3.63, 3.8) is 0 Å². The van der Waals surface area contributed by atoms with Gasteiger partial charge in [0.05, 0.1) is 29.5 Å². The van der Waals surface area contributed by atoms with Crippen molar-refractivity contribution in [3.05, 3.63) is 29.3 Å². The average Bonchev–Trinajstić information content (AvgIpc) is 2.89. The normalized spacial score (nSPS) is 33.0. The van der Waals surface area contributed by atoms with Gasteiger partial charge in [-0.2, -0.15) is 13.2 Å². The Balaban J connectivity index is 1.90. The van der Waals surface area contributed by atoms with Gasteiger partial charge in [0.1, 0.15) is 24.4 Å². The zero-order valence-electron chi connectivity index (χ0n) is 17.8. The van der Waals surface area contributed by atoms with Gasteiger partial charge in [0.2, 0.25) is 0 Å². The van der Waals surface area contributed by atoms with E-state index in [4.69, 9.17) is 14.0 Å². The largest absolute Gasteiger partial charge is 0.494 e. The third kappa shape index (κ3) is 4.63. The molecule has 0 bridgehead atoms. The van der Waals surface area contributed by atoms with Crippen LogP contribution in [0.15, 0.2) is 18.2 Å². The van der Waals surface area contributed by atoms with Gasteiger partial charge < -0.3 is 34.5 Å². The lowest BCUT2D eigenvalue weighted by atomic mass is 9.77. The molecule has 4 N–H and O–H groups in total. The van der Waals surface area contributed by atoms with Gasteiger partial charge in [-0.05, 0) is 44.8 Å². The molecule has 1 aromatic carbocycles. The predicted molar refractivity (Wildman–Crippen MR) is 105 cm³/mol. The van der Waals surface area contributed by atoms with E-state index >= 15 is 0 Å². The number of hydrogen-bond donors (Lipinski definition) is 4. The molecule has 2 heterocycles. The molecule has 1 aromatic rings. The van der Waals surface area contributed by atoms with Crippen LogP contribution in [0.1, 0.15) is 38.8 Å². The molecule has 0 radical (unpaired) electrons. The van der Waals surface area contributed by atoms with E-state index in [-0.39, 0.29) is 17.4 Å². The summed E-state index contributed by atoms with van der Waals surface area (Å²) in [5.41, 5.74) is -2.35. The van der Waals surface area contributed by atoms with Gasteiger partial charge in [0.15, 0.2) is 0 Å². The minimum Gasteiger partial charge on any atom is -0.399 e. The second kappa shape index (κ2) is 8.29. The van der Waals surface area contributed by atoms with Crippen LogP contribution in [0.2, 0.25) is 0 Å². The van der Waals surface area contributed by atoms with Gasteiger partial charge >= 0.3 is 13.3 Å². The van der Waals surface area contributed by atoms with Crippen molar-refractivity contribution in [1.29, 1.82) is 0 Å². The molecule has 0 aliphatic carbocycles. The quantitative estimate of drug-likeness (QED) is 0.494. The third-order valence-corrected chi connectivity index (χ3v) is 6.38. The van der Waals surface area contributed by atoms with Crippen LogP contribution >= 0.6 is 0 Å². The zero-order chi connectivity index (χ0) is 23.4. The molecule has 174 valence electrons. The minimum atomic E-state index is -4.71. The molecule has 2 fully saturated rings. The highest BCUT2D eigenvalue weighted by molar-refractivity contribution is 6.62. The molecule has 31 heavy (non-hydrogen) atoms. The van der Waals surface area contributed by atoms with Gasteiger partial charge in [0.25, 0.3) is 0 Å². The number of ether oxygens (including phenoxy) is 1. The fourth-order valence-electron chi connectivity index (χ4n) is 3.73. The molecule has 0 amide bonds. The van der Waals surface area contributed by atoms with Gasteiger partial charge in [-0.15, -0.1) is 0 Å². The Morgan fingerprint density at radius 2 is 1.48 bits per heavy atom. The van der Waals surface area contributed by atoms with E-state index in [0.717, 1.165) is 6.07 Å². The highest BCUT2D eigenvalue weighted by atomic mass is 19.4. The van der Waals surface area contributed by atoms with E-state index in [2.05, 4.69) is 0 Å². The molecule has 2 aliphatic rings. The SMILES string of the molecule is CC1(C)OB(c2ccc(C[C@H]3OC(CO)[C@@H](O)C(O)C3O)c(C(F)(F)F)c2)OC1(C)C. The summed E-state index contributed by atoms with van der Waals surface area (Å²) in [5.74, 6) is 0. The van der Waals surface area contributed by atoms with E-state index in [0.29, 0.717) is 0 Å². The molecule has 11 heteroatoms. The Morgan fingerprint density at radius 3 is 2.00 bits per heavy atom. The number of halogens is 3. The summed E-state index contributed by atoms with van der Waals surface area (Å²) >= 11 is 0. The Hall–Kier alpha value is -1.21. The van der Waals surface area contributed by atoms with Gasteiger partial charge in [-0.1, -0.05) is 12.1 Å². The summed E-state index contributed by atoms with van der Waals surface area (Å²) in [5, 5.41) is 39.3. The first-order chi connectivity index (χ1) is 14.2. The number of rotatable bonds is 4. The maximum absolute atomic E-state index is 13.8. The van der Waals surface area contributed by atoms with Crippen LogP contribution in [0.5, 0.6) is 0 Å². The summed E-state index contributed by atoms with van der Waals surface area (Å²) < 4.78 is 58.5. The van der Waals surface area contributed by atoms with Crippen molar-refractivity contribution in [3.8, 4) is 0 Å². The first-order valence-corrected chi connectivity index (χ1v) is 10.0. The van der Waals surface area contributed by atoms with Crippen molar-refractivity contribution in [1.82, 2.24) is 0 Å². The van der Waals surface area contributed by atoms with Gasteiger partial charge in [-0.25, -0.2) is 0 Å². The van der Waals surface area contributed by atoms with E-state index < -0.39 is 67.2 Å². The lowest BCUT2D eigenvalue weighted by molar-refractivity contribution is -0.228. The van der Waals surface area contributed by atoms with Crippen molar-refractivity contribution in [2.24, 2.45) is 0 Å². The highest BCUT2D eigenvalue weighted by Crippen LogP contribution is 2.38. The third-order valence-electron chi connectivity index (χ3n) is 6.38. The van der Waals surface area contributed by atoms with Crippen LogP contribution in [0.25, 0.3) is 0 Å². The second-order valence-electron chi connectivity index (χ2n) is 9.07. The topological polar surface area (TPSA) is 109 Å². The summed E-state index contributed by atoms with van der Waals surface area (Å²) in [6, 6.07) is 3.66. The van der Waals surface area contributed by atoms with Crippen molar-refractivity contribution < 1.29 is 47.6 Å². The van der Waals surface area contributed by atoms with Gasteiger partial charge in [0, 0.05) is 6.42 Å². The number of hydrogen-bond acceptors (Lipinski definition) is 7. The van der Waals surface area contributed by atoms with E-state index in [1.807, 2.05) is 0 Å². The predicted octanol–water partition coefficient (Wildman–Crippen LogP) is 0.389. The summed E-state index contributed by atoms with van der Waals surface area (Å²) in [6.07, 6.45) is -12.4. The van der Waals surface area contributed by atoms with Crippen LogP contribution in [0.4, 0.5) is 13.2 Å². The van der Waals surface area contributed by atoms with Crippen LogP contribution in [-0.4, -0.2) is 75.9 Å². The van der Waals surface area contributed by atoms with Crippen molar-refractivity contribution in [2.45, 2.75) is 82.0 Å². The lowest BCUT2D eigenvalue weighted by Gasteiger charge is -2.40. The molecule has 0 saturated carbocycles. The zero-order valence-corrected chi connectivity index (χ0v) is 17.8. The maximum atomic E-state index is 13.8. The molecule has 0 aromatic heterocycles. The molecule has 7 nitrogen and oxygen atoms in total. The summed E-state index contributed by atoms with van der Waals surface area (Å²) in [6.45, 7) is 6.53. The monoisotopic (exact) mass is 448 g/mol. The number of aliphatic hydroxyl groups is 4. The van der Waals surface area contributed by atoms with E-state index in [9.17, 15) is 33.6 Å². The molecule has 3 rings (SSSR count). The molecule has 2 saturated heterocycles. The van der Waals surface area contributed by atoms with Crippen LogP contribution in [0, 0.1) is 0 Å². The number of aliphatic hydroxyl groups excluding tert-OH is 4. The average molecular weight is 448 g/mol. The number of alkyl halides is 3. The smallest absolute Gasteiger partial charge is 0.399 e. The van der Waals surface area contributed by atoms with Gasteiger partial charge in [-0.3, -0.25) is 0 Å². The van der Waals surface area contributed by atoms with E-state index in [1.165, 1.54) is 12.1 Å². The van der Waals surface area contributed by atoms with E-state index in [1.54, 1.807) is 27.7 Å². The molecular weight excluding hydrogens is 420 g/mol. The fraction of sp³-hybridized carbons (Fsp3) is 0.700. The van der Waals surface area contributed by atoms with Crippen molar-refractivity contribution >= 4 is 12.6 Å². The molecule has 3 unspecified atom stereocenters. The van der Waals surface area contributed by atoms with Crippen LogP contribution in [0.3, 0.4) is 0 Å². The Morgan fingerprint density at radius 1 is 0.935 bits per heavy atom. The maximum Gasteiger partial charge on any atom is 0.494 e. The first-order valence-electron chi connectivity index (χ1n) is 10.0. The van der Waals surface area contributed by atoms with Crippen molar-refractivity contribution in [2.75, 3.05) is 6.61 Å². The highest BCUT2D eigenvalue weighted by Gasteiger charge is 2.52. The standard InChI is InChI=1S/C20H28BF3O7/c1-18(2)19(3,4)31-21(30-18)11-6-5-10(12(8-11)20(22,23)24)7-13-15(26)17(28)16(27)14(9-25)29-13/h5-6,8,13-17,25-28H,7,9H2,1-4H3/t13-,14?,15?,16-,17?/m1/s1. The molecule has 2 aliphatic heterocycles. The summed E-state index contributed by atoms with van der Waals surface area (Å²) in [7, 11) is -0.979. The van der Waals surface area contributed by atoms with Crippen LogP contribution < -0.4 is 5.46 Å². The second-order valence-corrected chi connectivity index (χ2v) is 9.07. The molecule has 0 spiro atoms. The Bertz CT molecular complexity index is 783. The molecular formula is C20H28BF3O7. The summed E-state index contributed by atoms with van der Waals surface area (Å²) in [4.78, 5) is 0. The molecule has 5 atom stereocenters. The van der Waals surface area contributed by atoms with Crippen LogP contribution in [-0.2, 0) is 26.6 Å². The fourth-order valence-corrected chi connectivity index (χ4v) is 3.73. The Kier molecular flexibility index (Phi) is 6.54. The number of benzene rings is 1.